The second-order valence-corrected chi connectivity index (χ2v) is 5.46. The van der Waals surface area contributed by atoms with Gasteiger partial charge in [0.1, 0.15) is 5.82 Å². The summed E-state index contributed by atoms with van der Waals surface area (Å²) in [4.78, 5) is 10.8. The van der Waals surface area contributed by atoms with Gasteiger partial charge in [-0.05, 0) is 18.2 Å². The molecule has 0 bridgehead atoms. The van der Waals surface area contributed by atoms with Crippen LogP contribution in [0.15, 0.2) is 22.7 Å². The molecule has 2 rings (SSSR count). The summed E-state index contributed by atoms with van der Waals surface area (Å²) in [5.74, 6) is -1.14. The molecule has 0 aromatic heterocycles. The van der Waals surface area contributed by atoms with E-state index in [1.165, 1.54) is 6.07 Å². The maximum Gasteiger partial charge on any atom is 0.305 e. The average Bonchev–Trinajstić information content (AvgIpc) is 2.26. The Labute approximate surface area is 113 Å². The topological polar surface area (TPSA) is 61.4 Å². The number of carboxylic acid groups (broad SMARTS) is 1. The van der Waals surface area contributed by atoms with E-state index in [2.05, 4.69) is 26.6 Å². The average molecular weight is 317 g/mol. The SMILES string of the molecule is O=C(O)CC1(NCc2cc(Br)ccc2F)CNC1. The Morgan fingerprint density at radius 2 is 2.28 bits per heavy atom. The van der Waals surface area contributed by atoms with Gasteiger partial charge in [0.15, 0.2) is 0 Å². The lowest BCUT2D eigenvalue weighted by Crippen LogP contribution is -2.68. The van der Waals surface area contributed by atoms with Crippen molar-refractivity contribution in [1.29, 1.82) is 0 Å². The van der Waals surface area contributed by atoms with E-state index in [0.717, 1.165) is 4.47 Å². The van der Waals surface area contributed by atoms with E-state index >= 15 is 0 Å². The molecular formula is C12H14BrFN2O2. The van der Waals surface area contributed by atoms with Crippen molar-refractivity contribution >= 4 is 21.9 Å². The molecule has 0 amide bonds. The summed E-state index contributed by atoms with van der Waals surface area (Å²) in [6, 6.07) is 4.73. The molecule has 18 heavy (non-hydrogen) atoms. The molecule has 0 spiro atoms. The number of nitrogens with one attached hydrogen (secondary N) is 2. The molecule has 4 nitrogen and oxygen atoms in total. The van der Waals surface area contributed by atoms with E-state index in [-0.39, 0.29) is 12.2 Å². The Morgan fingerprint density at radius 1 is 1.56 bits per heavy atom. The van der Waals surface area contributed by atoms with E-state index < -0.39 is 11.5 Å². The van der Waals surface area contributed by atoms with Crippen LogP contribution in [0.1, 0.15) is 12.0 Å². The van der Waals surface area contributed by atoms with Crippen molar-refractivity contribution in [2.45, 2.75) is 18.5 Å². The zero-order valence-electron chi connectivity index (χ0n) is 9.67. The van der Waals surface area contributed by atoms with Gasteiger partial charge in [-0.15, -0.1) is 0 Å². The van der Waals surface area contributed by atoms with Crippen LogP contribution in [0.5, 0.6) is 0 Å². The highest BCUT2D eigenvalue weighted by Gasteiger charge is 2.38. The zero-order chi connectivity index (χ0) is 13.2. The van der Waals surface area contributed by atoms with E-state index in [1.807, 2.05) is 0 Å². The third kappa shape index (κ3) is 3.07. The smallest absolute Gasteiger partial charge is 0.305 e. The molecule has 1 saturated heterocycles. The van der Waals surface area contributed by atoms with Gasteiger partial charge >= 0.3 is 5.97 Å². The molecule has 1 aliphatic heterocycles. The van der Waals surface area contributed by atoms with Crippen LogP contribution in [0, 0.1) is 5.82 Å². The van der Waals surface area contributed by atoms with Gasteiger partial charge in [0.05, 0.1) is 12.0 Å². The number of benzene rings is 1. The van der Waals surface area contributed by atoms with Crippen molar-refractivity contribution in [1.82, 2.24) is 10.6 Å². The molecule has 3 N–H and O–H groups in total. The first kappa shape index (κ1) is 13.5. The van der Waals surface area contributed by atoms with Gasteiger partial charge < -0.3 is 15.7 Å². The maximum atomic E-state index is 13.5. The van der Waals surface area contributed by atoms with E-state index in [9.17, 15) is 9.18 Å². The minimum Gasteiger partial charge on any atom is -0.481 e. The summed E-state index contributed by atoms with van der Waals surface area (Å²) in [7, 11) is 0. The Hall–Kier alpha value is -0.980. The van der Waals surface area contributed by atoms with E-state index in [1.54, 1.807) is 12.1 Å². The lowest BCUT2D eigenvalue weighted by atomic mass is 9.88. The number of hydrogen-bond acceptors (Lipinski definition) is 3. The fourth-order valence-electron chi connectivity index (χ4n) is 1.99. The highest BCUT2D eigenvalue weighted by atomic mass is 79.9. The summed E-state index contributed by atoms with van der Waals surface area (Å²) < 4.78 is 14.3. The Bertz CT molecular complexity index is 463. The van der Waals surface area contributed by atoms with Crippen LogP contribution < -0.4 is 10.6 Å². The van der Waals surface area contributed by atoms with E-state index in [0.29, 0.717) is 25.2 Å². The summed E-state index contributed by atoms with van der Waals surface area (Å²) in [5, 5.41) is 15.0. The van der Waals surface area contributed by atoms with Crippen LogP contribution in [0.4, 0.5) is 4.39 Å². The van der Waals surface area contributed by atoms with Gasteiger partial charge in [-0.2, -0.15) is 0 Å². The molecule has 98 valence electrons. The van der Waals surface area contributed by atoms with Crippen molar-refractivity contribution in [2.75, 3.05) is 13.1 Å². The van der Waals surface area contributed by atoms with Crippen molar-refractivity contribution in [3.05, 3.63) is 34.1 Å². The predicted molar refractivity (Wildman–Crippen MR) is 68.8 cm³/mol. The van der Waals surface area contributed by atoms with E-state index in [4.69, 9.17) is 5.11 Å². The second-order valence-electron chi connectivity index (χ2n) is 4.54. The number of hydrogen-bond donors (Lipinski definition) is 3. The first-order valence-corrected chi connectivity index (χ1v) is 6.42. The largest absolute Gasteiger partial charge is 0.481 e. The number of halogens is 2. The molecule has 0 atom stereocenters. The predicted octanol–water partition coefficient (Wildman–Crippen LogP) is 1.49. The Morgan fingerprint density at radius 3 is 2.83 bits per heavy atom. The van der Waals surface area contributed by atoms with Crippen LogP contribution in [0.3, 0.4) is 0 Å². The first-order valence-electron chi connectivity index (χ1n) is 5.62. The van der Waals surface area contributed by atoms with Crippen LogP contribution in [0.2, 0.25) is 0 Å². The van der Waals surface area contributed by atoms with Gasteiger partial charge in [0, 0.05) is 29.7 Å². The normalized spacial score (nSPS) is 17.2. The third-order valence-corrected chi connectivity index (χ3v) is 3.57. The first-order chi connectivity index (χ1) is 8.51. The molecule has 6 heteroatoms. The molecule has 0 radical (unpaired) electrons. The lowest BCUT2D eigenvalue weighted by Gasteiger charge is -2.42. The van der Waals surface area contributed by atoms with Gasteiger partial charge in [-0.1, -0.05) is 15.9 Å². The molecule has 1 aromatic carbocycles. The van der Waals surface area contributed by atoms with Crippen LogP contribution in [0.25, 0.3) is 0 Å². The molecule has 1 fully saturated rings. The minimum absolute atomic E-state index is 0.0373. The minimum atomic E-state index is -0.848. The van der Waals surface area contributed by atoms with Crippen molar-refractivity contribution in [2.24, 2.45) is 0 Å². The van der Waals surface area contributed by atoms with Crippen molar-refractivity contribution in [3.63, 3.8) is 0 Å². The fraction of sp³-hybridized carbons (Fsp3) is 0.417. The summed E-state index contributed by atoms with van der Waals surface area (Å²) in [6.07, 6.45) is 0.0373. The second kappa shape index (κ2) is 5.34. The molecule has 0 saturated carbocycles. The Kier molecular flexibility index (Phi) is 3.99. The molecule has 0 unspecified atom stereocenters. The van der Waals surface area contributed by atoms with Crippen molar-refractivity contribution < 1.29 is 14.3 Å². The highest BCUT2D eigenvalue weighted by Crippen LogP contribution is 2.19. The fourth-order valence-corrected chi connectivity index (χ4v) is 2.40. The van der Waals surface area contributed by atoms with Crippen LogP contribution in [-0.4, -0.2) is 29.7 Å². The molecular weight excluding hydrogens is 303 g/mol. The summed E-state index contributed by atoms with van der Waals surface area (Å²) in [5.41, 5.74) is 0.0710. The van der Waals surface area contributed by atoms with Crippen LogP contribution >= 0.6 is 15.9 Å². The standard InChI is InChI=1S/C12H14BrFN2O2/c13-9-1-2-10(14)8(3-9)5-16-12(4-11(17)18)6-15-7-12/h1-3,15-16H,4-7H2,(H,17,18). The summed E-state index contributed by atoms with van der Waals surface area (Å²) >= 11 is 3.29. The molecule has 1 aliphatic rings. The maximum absolute atomic E-state index is 13.5. The van der Waals surface area contributed by atoms with Gasteiger partial charge in [0.2, 0.25) is 0 Å². The van der Waals surface area contributed by atoms with Gasteiger partial charge in [-0.25, -0.2) is 4.39 Å². The molecule has 1 aromatic rings. The molecule has 1 heterocycles. The number of carboxylic acids is 1. The van der Waals surface area contributed by atoms with Gasteiger partial charge in [-0.3, -0.25) is 4.79 Å². The number of carbonyl (C=O) groups is 1. The number of rotatable bonds is 5. The van der Waals surface area contributed by atoms with Crippen molar-refractivity contribution in [3.8, 4) is 0 Å². The lowest BCUT2D eigenvalue weighted by molar-refractivity contribution is -0.139. The van der Waals surface area contributed by atoms with Gasteiger partial charge in [0.25, 0.3) is 0 Å². The third-order valence-electron chi connectivity index (χ3n) is 3.08. The quantitative estimate of drug-likeness (QED) is 0.770. The number of aliphatic carboxylic acids is 1. The monoisotopic (exact) mass is 316 g/mol. The zero-order valence-corrected chi connectivity index (χ0v) is 11.3. The highest BCUT2D eigenvalue weighted by molar-refractivity contribution is 9.10. The Balaban J connectivity index is 2.01. The van der Waals surface area contributed by atoms with Crippen LogP contribution in [-0.2, 0) is 11.3 Å². The summed E-state index contributed by atoms with van der Waals surface area (Å²) in [6.45, 7) is 1.50. The molecule has 0 aliphatic carbocycles.